The first-order chi connectivity index (χ1) is 9.19. The van der Waals surface area contributed by atoms with Gasteiger partial charge in [0.15, 0.2) is 0 Å². The molecule has 0 radical (unpaired) electrons. The maximum absolute atomic E-state index is 12.3. The predicted molar refractivity (Wildman–Crippen MR) is 73.6 cm³/mol. The number of anilines is 1. The fourth-order valence-electron chi connectivity index (χ4n) is 2.47. The molecule has 1 heterocycles. The van der Waals surface area contributed by atoms with Gasteiger partial charge in [-0.2, -0.15) is 5.26 Å². The fraction of sp³-hybridized carbons (Fsp3) is 0.429. The zero-order chi connectivity index (χ0) is 13.8. The molecule has 2 rings (SSSR count). The van der Waals surface area contributed by atoms with Crippen molar-refractivity contribution in [2.24, 2.45) is 5.73 Å². The minimum atomic E-state index is -0.387. The van der Waals surface area contributed by atoms with Gasteiger partial charge in [0.1, 0.15) is 12.1 Å². The summed E-state index contributed by atoms with van der Waals surface area (Å²) in [7, 11) is 1.80. The van der Waals surface area contributed by atoms with Gasteiger partial charge in [0, 0.05) is 26.7 Å². The van der Waals surface area contributed by atoms with Crippen LogP contribution in [0, 0.1) is 11.3 Å². The Balaban J connectivity index is 2.41. The molecule has 1 atom stereocenters. The Morgan fingerprint density at radius 3 is 2.84 bits per heavy atom. The summed E-state index contributed by atoms with van der Waals surface area (Å²) in [5.41, 5.74) is 7.15. The van der Waals surface area contributed by atoms with Crippen LogP contribution in [0.2, 0.25) is 0 Å². The molecule has 1 aromatic rings. The van der Waals surface area contributed by atoms with E-state index in [2.05, 4.69) is 6.07 Å². The summed E-state index contributed by atoms with van der Waals surface area (Å²) in [6.07, 6.45) is 0.874. The molecule has 1 unspecified atom stereocenters. The highest BCUT2D eigenvalue weighted by atomic mass is 16.2. The van der Waals surface area contributed by atoms with E-state index in [0.717, 1.165) is 25.2 Å². The minimum absolute atomic E-state index is 0.0211. The van der Waals surface area contributed by atoms with Gasteiger partial charge in [-0.1, -0.05) is 12.1 Å². The van der Waals surface area contributed by atoms with Gasteiger partial charge in [0.2, 0.25) is 5.91 Å². The third-order valence-electron chi connectivity index (χ3n) is 3.49. The van der Waals surface area contributed by atoms with Crippen LogP contribution in [0.4, 0.5) is 5.69 Å². The molecular weight excluding hydrogens is 240 g/mol. The zero-order valence-corrected chi connectivity index (χ0v) is 11.0. The quantitative estimate of drug-likeness (QED) is 0.841. The first-order valence-corrected chi connectivity index (χ1v) is 6.40. The molecular formula is C14H18N4O. The average Bonchev–Trinajstić information content (AvgIpc) is 2.58. The van der Waals surface area contributed by atoms with E-state index in [-0.39, 0.29) is 18.5 Å². The lowest BCUT2D eigenvalue weighted by Crippen LogP contribution is -2.49. The summed E-state index contributed by atoms with van der Waals surface area (Å²) in [5, 5.41) is 9.19. The zero-order valence-electron chi connectivity index (χ0n) is 11.0. The number of likely N-dealkylation sites (N-methyl/N-ethyl adjacent to an activating group) is 1. The number of hydrogen-bond acceptors (Lipinski definition) is 4. The lowest BCUT2D eigenvalue weighted by Gasteiger charge is -2.31. The molecule has 5 heteroatoms. The third kappa shape index (κ3) is 2.54. The largest absolute Gasteiger partial charge is 0.357 e. The van der Waals surface area contributed by atoms with Crippen molar-refractivity contribution < 1.29 is 4.79 Å². The number of hydrogen-bond donors (Lipinski definition) is 1. The number of carbonyl (C=O) groups excluding carboxylic acids is 1. The molecule has 1 aromatic carbocycles. The molecule has 1 amide bonds. The number of nitrogens with zero attached hydrogens (tertiary/aromatic N) is 3. The molecule has 19 heavy (non-hydrogen) atoms. The number of benzene rings is 1. The summed E-state index contributed by atoms with van der Waals surface area (Å²) in [4.78, 5) is 16.0. The molecule has 0 saturated carbocycles. The molecule has 1 fully saturated rings. The van der Waals surface area contributed by atoms with E-state index in [1.165, 1.54) is 0 Å². The number of amides is 1. The van der Waals surface area contributed by atoms with Crippen LogP contribution >= 0.6 is 0 Å². The van der Waals surface area contributed by atoms with Gasteiger partial charge >= 0.3 is 0 Å². The van der Waals surface area contributed by atoms with E-state index in [9.17, 15) is 10.1 Å². The fourth-order valence-corrected chi connectivity index (χ4v) is 2.47. The van der Waals surface area contributed by atoms with Gasteiger partial charge < -0.3 is 15.5 Å². The summed E-state index contributed by atoms with van der Waals surface area (Å²) >= 11 is 0. The van der Waals surface area contributed by atoms with Crippen molar-refractivity contribution in [3.05, 3.63) is 29.8 Å². The summed E-state index contributed by atoms with van der Waals surface area (Å²) in [6.45, 7) is 1.71. The monoisotopic (exact) mass is 258 g/mol. The van der Waals surface area contributed by atoms with Gasteiger partial charge in [-0.05, 0) is 18.6 Å². The number of carbonyl (C=O) groups is 1. The van der Waals surface area contributed by atoms with Crippen LogP contribution in [0.25, 0.3) is 0 Å². The highest BCUT2D eigenvalue weighted by molar-refractivity contribution is 5.86. The second-order valence-corrected chi connectivity index (χ2v) is 4.69. The van der Waals surface area contributed by atoms with Gasteiger partial charge in [0.05, 0.1) is 11.3 Å². The maximum atomic E-state index is 12.3. The van der Waals surface area contributed by atoms with E-state index < -0.39 is 0 Å². The highest BCUT2D eigenvalue weighted by Gasteiger charge is 2.31. The first kappa shape index (κ1) is 13.4. The van der Waals surface area contributed by atoms with Crippen LogP contribution in [0.3, 0.4) is 0 Å². The van der Waals surface area contributed by atoms with Gasteiger partial charge in [-0.15, -0.1) is 0 Å². The predicted octanol–water partition coefficient (Wildman–Crippen LogP) is 0.554. The molecule has 1 aliphatic rings. The summed E-state index contributed by atoms with van der Waals surface area (Å²) in [6, 6.07) is 9.13. The Hall–Kier alpha value is -2.06. The van der Waals surface area contributed by atoms with Crippen molar-refractivity contribution in [3.8, 4) is 6.07 Å². The SMILES string of the molecule is CN1CCCN(c2ccccc2C#N)C(CN)C1=O. The Morgan fingerprint density at radius 1 is 1.42 bits per heavy atom. The van der Waals surface area contributed by atoms with Crippen LogP contribution in [-0.4, -0.2) is 43.5 Å². The molecule has 0 aliphatic carbocycles. The minimum Gasteiger partial charge on any atom is -0.357 e. The van der Waals surface area contributed by atoms with Gasteiger partial charge in [0.25, 0.3) is 0 Å². The average molecular weight is 258 g/mol. The first-order valence-electron chi connectivity index (χ1n) is 6.40. The molecule has 0 bridgehead atoms. The van der Waals surface area contributed by atoms with Crippen LogP contribution in [-0.2, 0) is 4.79 Å². The summed E-state index contributed by atoms with van der Waals surface area (Å²) in [5.74, 6) is 0.0211. The van der Waals surface area contributed by atoms with Crippen LogP contribution in [0.1, 0.15) is 12.0 Å². The Morgan fingerprint density at radius 2 is 2.16 bits per heavy atom. The standard InChI is InChI=1S/C14H18N4O/c1-17-7-4-8-18(13(10-16)14(17)19)12-6-3-2-5-11(12)9-15/h2-3,5-6,13H,4,7-8,10,16H2,1H3. The molecule has 1 saturated heterocycles. The topological polar surface area (TPSA) is 73.4 Å². The van der Waals surface area contributed by atoms with Crippen molar-refractivity contribution in [1.29, 1.82) is 5.26 Å². The summed E-state index contributed by atoms with van der Waals surface area (Å²) < 4.78 is 0. The molecule has 2 N–H and O–H groups in total. The number of para-hydroxylation sites is 1. The van der Waals surface area contributed by atoms with E-state index in [1.807, 2.05) is 23.1 Å². The normalized spacial score (nSPS) is 20.1. The van der Waals surface area contributed by atoms with Crippen LogP contribution in [0.5, 0.6) is 0 Å². The van der Waals surface area contributed by atoms with Crippen molar-refractivity contribution >= 4 is 11.6 Å². The van der Waals surface area contributed by atoms with Gasteiger partial charge in [-0.25, -0.2) is 0 Å². The molecule has 1 aliphatic heterocycles. The Kier molecular flexibility index (Phi) is 4.03. The van der Waals surface area contributed by atoms with Crippen LogP contribution < -0.4 is 10.6 Å². The maximum Gasteiger partial charge on any atom is 0.246 e. The van der Waals surface area contributed by atoms with Crippen molar-refractivity contribution in [3.63, 3.8) is 0 Å². The smallest absolute Gasteiger partial charge is 0.246 e. The van der Waals surface area contributed by atoms with E-state index >= 15 is 0 Å². The molecule has 5 nitrogen and oxygen atoms in total. The van der Waals surface area contributed by atoms with Gasteiger partial charge in [-0.3, -0.25) is 4.79 Å². The second-order valence-electron chi connectivity index (χ2n) is 4.69. The second kappa shape index (κ2) is 5.72. The number of rotatable bonds is 2. The third-order valence-corrected chi connectivity index (χ3v) is 3.49. The number of nitriles is 1. The van der Waals surface area contributed by atoms with E-state index in [0.29, 0.717) is 5.56 Å². The molecule has 100 valence electrons. The van der Waals surface area contributed by atoms with E-state index in [1.54, 1.807) is 18.0 Å². The highest BCUT2D eigenvalue weighted by Crippen LogP contribution is 2.24. The lowest BCUT2D eigenvalue weighted by molar-refractivity contribution is -0.130. The number of nitrogens with two attached hydrogens (primary N) is 1. The van der Waals surface area contributed by atoms with E-state index in [4.69, 9.17) is 5.73 Å². The van der Waals surface area contributed by atoms with Crippen molar-refractivity contribution in [2.45, 2.75) is 12.5 Å². The Labute approximate surface area is 113 Å². The molecule has 0 aromatic heterocycles. The Bertz CT molecular complexity index is 508. The van der Waals surface area contributed by atoms with Crippen molar-refractivity contribution in [2.75, 3.05) is 31.6 Å². The lowest BCUT2D eigenvalue weighted by atomic mass is 10.1. The van der Waals surface area contributed by atoms with Crippen molar-refractivity contribution in [1.82, 2.24) is 4.90 Å². The van der Waals surface area contributed by atoms with Crippen LogP contribution in [0.15, 0.2) is 24.3 Å². The molecule has 0 spiro atoms.